The Hall–Kier alpha value is -5.60. The zero-order chi connectivity index (χ0) is 56.1. The number of nitrogens with one attached hydrogen (secondary N) is 8. The van der Waals surface area contributed by atoms with Crippen molar-refractivity contribution in [3.05, 3.63) is 105 Å². The number of amides is 8. The zero-order valence-electron chi connectivity index (χ0n) is 47.1. The van der Waals surface area contributed by atoms with Gasteiger partial charge in [-0.15, -0.1) is 24.8 Å². The van der Waals surface area contributed by atoms with Gasteiger partial charge in [0.15, 0.2) is 0 Å². The third-order valence-electron chi connectivity index (χ3n) is 15.7. The molecule has 432 valence electrons. The molecule has 2 aliphatic heterocycles. The van der Waals surface area contributed by atoms with Crippen LogP contribution in [0.5, 0.6) is 0 Å². The van der Waals surface area contributed by atoms with E-state index in [0.29, 0.717) is 4.47 Å². The molecule has 3 aromatic carbocycles. The summed E-state index contributed by atoms with van der Waals surface area (Å²) in [6.45, 7) is 14.4. The summed E-state index contributed by atoms with van der Waals surface area (Å²) < 4.78 is 0.387. The molecule has 0 aromatic heterocycles. The molecule has 21 heteroatoms. The zero-order valence-corrected chi connectivity index (χ0v) is 50.3. The van der Waals surface area contributed by atoms with Gasteiger partial charge in [-0.3, -0.25) is 38.4 Å². The Labute approximate surface area is 486 Å². The van der Waals surface area contributed by atoms with Crippen LogP contribution in [0, 0.1) is 10.8 Å². The van der Waals surface area contributed by atoms with E-state index in [-0.39, 0.29) is 97.6 Å². The summed E-state index contributed by atoms with van der Waals surface area (Å²) in [7, 11) is 3.30. The second kappa shape index (κ2) is 27.2. The van der Waals surface area contributed by atoms with Gasteiger partial charge in [-0.05, 0) is 147 Å². The summed E-state index contributed by atoms with van der Waals surface area (Å²) in [5.74, 6) is -3.50. The van der Waals surface area contributed by atoms with Crippen molar-refractivity contribution in [1.82, 2.24) is 52.3 Å². The van der Waals surface area contributed by atoms with Crippen LogP contribution in [-0.4, -0.2) is 133 Å². The average molecular weight is 1200 g/mol. The number of carbonyl (C=O) groups is 8. The first-order valence-electron chi connectivity index (χ1n) is 27.1. The molecule has 8 amide bonds. The highest BCUT2D eigenvalue weighted by atomic mass is 79.9. The Morgan fingerprint density at radius 3 is 1.38 bits per heavy atom. The molecular weight excluding hydrogens is 1120 g/mol. The molecule has 0 spiro atoms. The van der Waals surface area contributed by atoms with E-state index in [1.165, 1.54) is 15.9 Å². The number of fused-ring (bicyclic) bond motifs is 2. The van der Waals surface area contributed by atoms with E-state index in [1.54, 1.807) is 40.1 Å². The molecule has 18 nitrogen and oxygen atoms in total. The molecule has 0 radical (unpaired) electrons. The lowest BCUT2D eigenvalue weighted by Crippen LogP contribution is -2.59. The van der Waals surface area contributed by atoms with Crippen molar-refractivity contribution in [2.75, 3.05) is 27.2 Å². The highest BCUT2D eigenvalue weighted by Crippen LogP contribution is 2.34. The Kier molecular flexibility index (Phi) is 22.1. The third kappa shape index (κ3) is 15.2. The lowest BCUT2D eigenvalue weighted by Gasteiger charge is -2.36. The molecule has 0 bridgehead atoms. The fourth-order valence-electron chi connectivity index (χ4n) is 11.0. The lowest BCUT2D eigenvalue weighted by atomic mass is 9.85. The van der Waals surface area contributed by atoms with Gasteiger partial charge in [-0.25, -0.2) is 0 Å². The first-order chi connectivity index (χ1) is 36.4. The summed E-state index contributed by atoms with van der Waals surface area (Å²) in [6, 6.07) is 13.5. The topological polar surface area (TPSA) is 239 Å². The minimum Gasteiger partial charge on any atom is -0.347 e. The normalized spacial score (nSPS) is 22.2. The van der Waals surface area contributed by atoms with Crippen LogP contribution in [0.3, 0.4) is 0 Å². The van der Waals surface area contributed by atoms with E-state index in [4.69, 9.17) is 0 Å². The highest BCUT2D eigenvalue weighted by Gasteiger charge is 2.48. The van der Waals surface area contributed by atoms with Gasteiger partial charge in [0.2, 0.25) is 35.4 Å². The van der Waals surface area contributed by atoms with Gasteiger partial charge in [0, 0.05) is 35.2 Å². The molecule has 3 aromatic rings. The number of hydrogen-bond donors (Lipinski definition) is 8. The maximum absolute atomic E-state index is 14.7. The maximum atomic E-state index is 14.7. The summed E-state index contributed by atoms with van der Waals surface area (Å²) >= 11 is 3.51. The van der Waals surface area contributed by atoms with Crippen molar-refractivity contribution >= 4 is 88.0 Å². The van der Waals surface area contributed by atoms with Crippen molar-refractivity contribution in [3.8, 4) is 0 Å². The van der Waals surface area contributed by atoms with Crippen LogP contribution < -0.4 is 42.5 Å². The lowest BCUT2D eigenvalue weighted by molar-refractivity contribution is -0.144. The summed E-state index contributed by atoms with van der Waals surface area (Å²) in [4.78, 5) is 117. The predicted molar refractivity (Wildman–Crippen MR) is 312 cm³/mol. The second-order valence-electron chi connectivity index (χ2n) is 23.5. The van der Waals surface area contributed by atoms with Crippen LogP contribution in [0.15, 0.2) is 71.2 Å². The van der Waals surface area contributed by atoms with E-state index >= 15 is 0 Å². The van der Waals surface area contributed by atoms with Crippen molar-refractivity contribution in [3.63, 3.8) is 0 Å². The summed E-state index contributed by atoms with van der Waals surface area (Å²) in [5, 5.41) is 24.2. The number of hydrogen-bond acceptors (Lipinski definition) is 10. The van der Waals surface area contributed by atoms with Gasteiger partial charge in [0.25, 0.3) is 11.8 Å². The van der Waals surface area contributed by atoms with Crippen molar-refractivity contribution in [1.29, 1.82) is 0 Å². The molecule has 2 fully saturated rings. The molecule has 2 saturated heterocycles. The van der Waals surface area contributed by atoms with Crippen LogP contribution in [-0.2, 0) is 41.6 Å². The maximum Gasteiger partial charge on any atom is 0.252 e. The number of likely N-dealkylation sites (N-methyl/N-ethyl adjacent to an activating group) is 2. The Morgan fingerprint density at radius 2 is 0.975 bits per heavy atom. The largest absolute Gasteiger partial charge is 0.347 e. The molecule has 2 aliphatic carbocycles. The van der Waals surface area contributed by atoms with Crippen molar-refractivity contribution in [2.45, 2.75) is 167 Å². The van der Waals surface area contributed by atoms with Gasteiger partial charge in [-0.2, -0.15) is 0 Å². The van der Waals surface area contributed by atoms with Gasteiger partial charge < -0.3 is 52.3 Å². The molecule has 1 unspecified atom stereocenters. The highest BCUT2D eigenvalue weighted by molar-refractivity contribution is 9.10. The number of carbonyl (C=O) groups excluding carboxylic acids is 8. The molecule has 4 aliphatic rings. The molecule has 7 rings (SSSR count). The molecule has 10 atom stereocenters. The van der Waals surface area contributed by atoms with Gasteiger partial charge >= 0.3 is 0 Å². The monoisotopic (exact) mass is 1190 g/mol. The van der Waals surface area contributed by atoms with Gasteiger partial charge in [-0.1, -0.05) is 90.1 Å². The second-order valence-corrected chi connectivity index (χ2v) is 24.3. The minimum absolute atomic E-state index is 0. The summed E-state index contributed by atoms with van der Waals surface area (Å²) in [5.41, 5.74) is 3.13. The Bertz CT molecular complexity index is 2740. The van der Waals surface area contributed by atoms with E-state index in [1.807, 2.05) is 77.9 Å². The number of rotatable bonds is 16. The van der Waals surface area contributed by atoms with Gasteiger partial charge in [0.1, 0.15) is 24.2 Å². The van der Waals surface area contributed by atoms with Crippen LogP contribution in [0.1, 0.15) is 149 Å². The minimum atomic E-state index is -1.01. The molecule has 79 heavy (non-hydrogen) atoms. The number of halogens is 3. The predicted octanol–water partition coefficient (Wildman–Crippen LogP) is 5.36. The van der Waals surface area contributed by atoms with E-state index in [9.17, 15) is 38.4 Å². The number of aryl methyl sites for hydroxylation is 2. The van der Waals surface area contributed by atoms with Crippen LogP contribution in [0.2, 0.25) is 0 Å². The van der Waals surface area contributed by atoms with E-state index < -0.39 is 82.8 Å². The third-order valence-corrected chi connectivity index (χ3v) is 16.4. The van der Waals surface area contributed by atoms with Crippen LogP contribution >= 0.6 is 40.7 Å². The molecular formula is C58H81BrCl2N10O8. The molecule has 8 N–H and O–H groups in total. The first kappa shape index (κ1) is 64.2. The van der Waals surface area contributed by atoms with Crippen molar-refractivity contribution < 1.29 is 38.4 Å². The first-order valence-corrected chi connectivity index (χ1v) is 27.9. The molecule has 2 heterocycles. The SMILES string of the molecule is CN[C@@H](C)C(=O)N[C@@H](C(=O)N1C[C@@H](NC(=O)c2ccc(Br)c(C(=O)N[C@H]3C[C@@H](C(=O)N[C@@H]4CCCc5ccccc54)N(C(=O)[C@H](NC(=O)[C@H](C)NC)C(C)(C)C)C3)c2)CC1C(=O)N[C@@H]1CCCc2ccccc21)C(C)(C)C.Cl.Cl. The van der Waals surface area contributed by atoms with E-state index in [0.717, 1.165) is 60.8 Å². The van der Waals surface area contributed by atoms with Crippen LogP contribution in [0.4, 0.5) is 0 Å². The Balaban J connectivity index is 0.00000574. The average Bonchev–Trinajstić information content (AvgIpc) is 4.05. The fraction of sp³-hybridized carbons (Fsp3) is 0.552. The fourth-order valence-corrected chi connectivity index (χ4v) is 11.4. The number of benzene rings is 3. The standard InChI is InChI=1S/C58H79BrN10O8.2ClH/c1-32(60-9)49(70)66-47(57(3,4)5)55(76)68-30-37(28-45(68)53(74)64-43-23-15-19-34-17-11-13-21-39(34)43)62-51(72)36-25-26-42(59)41(27-36)52(73)63-38-29-46(54(75)65-44-24-16-20-35-18-12-14-22-40(35)44)69(31-38)56(77)48(58(6,7)8)67-50(71)33(2)61-10;;/h11-14,17-18,21-22,25-27,32-33,37-38,43-48,60-61H,15-16,19-20,23-24,28-31H2,1-10H3,(H,62,72)(H,63,73)(H,64,74)(H,65,75)(H,66,70)(H,67,71);2*1H/t32-,33-,37-,38-,43+,44+,45?,46-,47-,48-;;/m0../s1. The molecule has 0 saturated carbocycles. The van der Waals surface area contributed by atoms with Gasteiger partial charge in [0.05, 0.1) is 29.7 Å². The number of likely N-dealkylation sites (tertiary alicyclic amines) is 2. The van der Waals surface area contributed by atoms with E-state index in [2.05, 4.69) is 70.6 Å². The van der Waals surface area contributed by atoms with Crippen molar-refractivity contribution in [2.24, 2.45) is 10.8 Å². The number of nitrogens with zero attached hydrogens (tertiary/aromatic N) is 2. The summed E-state index contributed by atoms with van der Waals surface area (Å²) in [6.07, 6.45) is 5.18. The smallest absolute Gasteiger partial charge is 0.252 e. The quantitative estimate of drug-likeness (QED) is 0.0915. The Morgan fingerprint density at radius 1 is 0.570 bits per heavy atom. The van der Waals surface area contributed by atoms with Crippen LogP contribution in [0.25, 0.3) is 0 Å².